The third-order valence-corrected chi connectivity index (χ3v) is 3.54. The van der Waals surface area contributed by atoms with E-state index in [9.17, 15) is 0 Å². The third-order valence-electron chi connectivity index (χ3n) is 3.54. The van der Waals surface area contributed by atoms with E-state index in [1.807, 2.05) is 6.07 Å². The van der Waals surface area contributed by atoms with Crippen LogP contribution in [0.4, 0.5) is 0 Å². The predicted molar refractivity (Wildman–Crippen MR) is 73.0 cm³/mol. The predicted octanol–water partition coefficient (Wildman–Crippen LogP) is 2.93. The Bertz CT molecular complexity index is 536. The minimum absolute atomic E-state index is 0.282. The molecule has 1 heterocycles. The van der Waals surface area contributed by atoms with Crippen LogP contribution < -0.4 is 10.1 Å². The number of benzene rings is 2. The maximum Gasteiger partial charge on any atom is 0.119 e. The Morgan fingerprint density at radius 3 is 2.72 bits per heavy atom. The van der Waals surface area contributed by atoms with Gasteiger partial charge in [0.1, 0.15) is 5.75 Å². The van der Waals surface area contributed by atoms with Crippen molar-refractivity contribution in [2.75, 3.05) is 13.7 Å². The summed E-state index contributed by atoms with van der Waals surface area (Å²) in [6.07, 6.45) is 1.09. The Kier molecular flexibility index (Phi) is 3.03. The molecule has 0 aromatic heterocycles. The molecule has 0 saturated heterocycles. The van der Waals surface area contributed by atoms with Gasteiger partial charge in [0.05, 0.1) is 13.2 Å². The molecule has 1 aliphatic rings. The Morgan fingerprint density at radius 2 is 1.94 bits per heavy atom. The number of hydrogen-bond donors (Lipinski definition) is 1. The summed E-state index contributed by atoms with van der Waals surface area (Å²) < 4.78 is 5.34. The van der Waals surface area contributed by atoms with Crippen molar-refractivity contribution in [3.05, 3.63) is 65.2 Å². The molecule has 2 aromatic rings. The first-order chi connectivity index (χ1) is 8.88. The standard InChI is InChI=1S/C16H17NO/c1-18-14-8-7-12-9-10-17-16(15(12)11-14)13-5-3-2-4-6-13/h2-8,11,16-17H,9-10H2,1H3/t16-/m0/s1. The van der Waals surface area contributed by atoms with Crippen molar-refractivity contribution < 1.29 is 4.74 Å². The summed E-state index contributed by atoms with van der Waals surface area (Å²) in [5.41, 5.74) is 4.07. The molecule has 0 spiro atoms. The molecule has 0 fully saturated rings. The molecule has 0 amide bonds. The van der Waals surface area contributed by atoms with Gasteiger partial charge in [0.2, 0.25) is 0 Å². The summed E-state index contributed by atoms with van der Waals surface area (Å²) >= 11 is 0. The number of rotatable bonds is 2. The molecule has 0 bridgehead atoms. The van der Waals surface area contributed by atoms with Gasteiger partial charge in [0.15, 0.2) is 0 Å². The van der Waals surface area contributed by atoms with E-state index in [-0.39, 0.29) is 6.04 Å². The second kappa shape index (κ2) is 4.83. The molecule has 0 unspecified atom stereocenters. The summed E-state index contributed by atoms with van der Waals surface area (Å²) in [4.78, 5) is 0. The smallest absolute Gasteiger partial charge is 0.119 e. The number of methoxy groups -OCH3 is 1. The van der Waals surface area contributed by atoms with Crippen LogP contribution in [0.5, 0.6) is 5.75 Å². The van der Waals surface area contributed by atoms with Gasteiger partial charge in [0, 0.05) is 6.54 Å². The van der Waals surface area contributed by atoms with Gasteiger partial charge >= 0.3 is 0 Å². The fourth-order valence-corrected chi connectivity index (χ4v) is 2.60. The Labute approximate surface area is 108 Å². The molecule has 1 aliphatic heterocycles. The Hall–Kier alpha value is -1.80. The molecule has 18 heavy (non-hydrogen) atoms. The first kappa shape index (κ1) is 11.3. The van der Waals surface area contributed by atoms with Crippen molar-refractivity contribution in [1.29, 1.82) is 0 Å². The lowest BCUT2D eigenvalue weighted by molar-refractivity contribution is 0.412. The maximum absolute atomic E-state index is 5.34. The highest BCUT2D eigenvalue weighted by Gasteiger charge is 2.21. The Morgan fingerprint density at radius 1 is 1.11 bits per heavy atom. The maximum atomic E-state index is 5.34. The van der Waals surface area contributed by atoms with Crippen LogP contribution in [-0.4, -0.2) is 13.7 Å². The molecule has 1 N–H and O–H groups in total. The molecule has 2 nitrogen and oxygen atoms in total. The van der Waals surface area contributed by atoms with Gasteiger partial charge in [0.25, 0.3) is 0 Å². The molecule has 0 aliphatic carbocycles. The van der Waals surface area contributed by atoms with Crippen LogP contribution in [0.25, 0.3) is 0 Å². The summed E-state index contributed by atoms with van der Waals surface area (Å²) in [6.45, 7) is 1.03. The van der Waals surface area contributed by atoms with Gasteiger partial charge in [-0.1, -0.05) is 36.4 Å². The van der Waals surface area contributed by atoms with Crippen LogP contribution in [0.1, 0.15) is 22.7 Å². The van der Waals surface area contributed by atoms with Crippen molar-refractivity contribution >= 4 is 0 Å². The number of ether oxygens (including phenoxy) is 1. The molecule has 1 atom stereocenters. The normalized spacial score (nSPS) is 18.2. The van der Waals surface area contributed by atoms with E-state index in [0.717, 1.165) is 18.7 Å². The average Bonchev–Trinajstić information content (AvgIpc) is 2.47. The zero-order valence-corrected chi connectivity index (χ0v) is 10.5. The topological polar surface area (TPSA) is 21.3 Å². The molecular formula is C16H17NO. The highest BCUT2D eigenvalue weighted by Crippen LogP contribution is 2.31. The highest BCUT2D eigenvalue weighted by molar-refractivity contribution is 5.43. The summed E-state index contributed by atoms with van der Waals surface area (Å²) in [5, 5.41) is 3.59. The van der Waals surface area contributed by atoms with E-state index < -0.39 is 0 Å². The lowest BCUT2D eigenvalue weighted by Crippen LogP contribution is -2.30. The minimum Gasteiger partial charge on any atom is -0.497 e. The summed E-state index contributed by atoms with van der Waals surface area (Å²) in [5.74, 6) is 0.929. The van der Waals surface area contributed by atoms with Crippen LogP contribution in [0.2, 0.25) is 0 Å². The molecule has 92 valence electrons. The van der Waals surface area contributed by atoms with Crippen LogP contribution in [-0.2, 0) is 6.42 Å². The van der Waals surface area contributed by atoms with Crippen molar-refractivity contribution in [2.24, 2.45) is 0 Å². The monoisotopic (exact) mass is 239 g/mol. The lowest BCUT2D eigenvalue weighted by Gasteiger charge is -2.27. The highest BCUT2D eigenvalue weighted by atomic mass is 16.5. The van der Waals surface area contributed by atoms with Crippen LogP contribution in [0.3, 0.4) is 0 Å². The molecule has 3 rings (SSSR count). The minimum atomic E-state index is 0.282. The van der Waals surface area contributed by atoms with Gasteiger partial charge in [-0.2, -0.15) is 0 Å². The third kappa shape index (κ3) is 2.00. The van der Waals surface area contributed by atoms with Gasteiger partial charge in [-0.15, -0.1) is 0 Å². The second-order valence-corrected chi connectivity index (χ2v) is 4.61. The van der Waals surface area contributed by atoms with E-state index >= 15 is 0 Å². The fraction of sp³-hybridized carbons (Fsp3) is 0.250. The molecule has 2 aromatic carbocycles. The Balaban J connectivity index is 2.05. The van der Waals surface area contributed by atoms with Crippen LogP contribution in [0.15, 0.2) is 48.5 Å². The van der Waals surface area contributed by atoms with Crippen LogP contribution >= 0.6 is 0 Å². The van der Waals surface area contributed by atoms with Gasteiger partial charge < -0.3 is 10.1 Å². The van der Waals surface area contributed by atoms with Crippen molar-refractivity contribution in [1.82, 2.24) is 5.32 Å². The zero-order valence-electron chi connectivity index (χ0n) is 10.5. The fourth-order valence-electron chi connectivity index (χ4n) is 2.60. The van der Waals surface area contributed by atoms with Crippen molar-refractivity contribution in [3.8, 4) is 5.75 Å². The largest absolute Gasteiger partial charge is 0.497 e. The zero-order chi connectivity index (χ0) is 12.4. The van der Waals surface area contributed by atoms with E-state index in [4.69, 9.17) is 4.74 Å². The summed E-state index contributed by atoms with van der Waals surface area (Å²) in [7, 11) is 1.72. The molecule has 0 radical (unpaired) electrons. The lowest BCUT2D eigenvalue weighted by atomic mass is 9.90. The molecule has 2 heteroatoms. The second-order valence-electron chi connectivity index (χ2n) is 4.61. The van der Waals surface area contributed by atoms with E-state index in [1.54, 1.807) is 7.11 Å². The molecular weight excluding hydrogens is 222 g/mol. The van der Waals surface area contributed by atoms with Gasteiger partial charge in [-0.05, 0) is 35.2 Å². The van der Waals surface area contributed by atoms with E-state index in [0.29, 0.717) is 0 Å². The van der Waals surface area contributed by atoms with E-state index in [2.05, 4.69) is 47.8 Å². The first-order valence-corrected chi connectivity index (χ1v) is 6.33. The number of nitrogens with one attached hydrogen (secondary N) is 1. The van der Waals surface area contributed by atoms with Crippen molar-refractivity contribution in [2.45, 2.75) is 12.5 Å². The quantitative estimate of drug-likeness (QED) is 0.870. The molecule has 0 saturated carbocycles. The number of fused-ring (bicyclic) bond motifs is 1. The SMILES string of the molecule is COc1ccc2c(c1)[C@H](c1ccccc1)NCC2. The van der Waals surface area contributed by atoms with Gasteiger partial charge in [-0.25, -0.2) is 0 Å². The van der Waals surface area contributed by atoms with Gasteiger partial charge in [-0.3, -0.25) is 0 Å². The average molecular weight is 239 g/mol. The van der Waals surface area contributed by atoms with Crippen molar-refractivity contribution in [3.63, 3.8) is 0 Å². The summed E-state index contributed by atoms with van der Waals surface area (Å²) in [6, 6.07) is 17.2. The van der Waals surface area contributed by atoms with E-state index in [1.165, 1.54) is 16.7 Å². The number of hydrogen-bond acceptors (Lipinski definition) is 2. The van der Waals surface area contributed by atoms with Crippen LogP contribution in [0, 0.1) is 0 Å². The first-order valence-electron chi connectivity index (χ1n) is 6.33.